The molecule has 1 aliphatic rings. The number of nitrogens with one attached hydrogen (secondary N) is 2. The summed E-state index contributed by atoms with van der Waals surface area (Å²) in [6.07, 6.45) is -1.77. The quantitative estimate of drug-likeness (QED) is 0.849. The van der Waals surface area contributed by atoms with Gasteiger partial charge in [0.2, 0.25) is 17.8 Å². The van der Waals surface area contributed by atoms with Gasteiger partial charge in [-0.3, -0.25) is 14.9 Å². The summed E-state index contributed by atoms with van der Waals surface area (Å²) in [5, 5.41) is 8.88. The number of aromatic nitrogens is 3. The number of alkyl halides is 3. The molecule has 0 radical (unpaired) electrons. The third-order valence-corrected chi connectivity index (χ3v) is 4.16. The molecule has 0 aliphatic heterocycles. The maximum atomic E-state index is 12.6. The highest BCUT2D eigenvalue weighted by atomic mass is 19.4. The Morgan fingerprint density at radius 2 is 1.92 bits per heavy atom. The first kappa shape index (κ1) is 18.2. The Morgan fingerprint density at radius 3 is 2.50 bits per heavy atom. The van der Waals surface area contributed by atoms with Crippen molar-refractivity contribution in [3.05, 3.63) is 6.33 Å². The molecule has 1 heterocycles. The summed E-state index contributed by atoms with van der Waals surface area (Å²) in [6, 6.07) is 0. The third kappa shape index (κ3) is 5.20. The van der Waals surface area contributed by atoms with Crippen molar-refractivity contribution in [3.63, 3.8) is 0 Å². The zero-order chi connectivity index (χ0) is 17.7. The molecule has 1 saturated carbocycles. The fourth-order valence-corrected chi connectivity index (χ4v) is 2.79. The number of likely N-dealkylation sites (N-methyl/N-ethyl adjacent to an activating group) is 1. The summed E-state index contributed by atoms with van der Waals surface area (Å²) < 4.78 is 39.1. The van der Waals surface area contributed by atoms with E-state index in [0.717, 1.165) is 0 Å². The average molecular weight is 347 g/mol. The molecule has 134 valence electrons. The molecule has 1 aromatic rings. The van der Waals surface area contributed by atoms with Crippen LogP contribution < -0.4 is 10.6 Å². The second-order valence-corrected chi connectivity index (χ2v) is 5.95. The summed E-state index contributed by atoms with van der Waals surface area (Å²) in [6.45, 7) is -0.0131. The second-order valence-electron chi connectivity index (χ2n) is 5.95. The molecule has 0 atom stereocenters. The minimum Gasteiger partial charge on any atom is -0.358 e. The smallest absolute Gasteiger partial charge is 0.358 e. The third-order valence-electron chi connectivity index (χ3n) is 4.16. The minimum absolute atomic E-state index is 0.0131. The van der Waals surface area contributed by atoms with Crippen LogP contribution in [0.5, 0.6) is 0 Å². The minimum atomic E-state index is -4.14. The number of hydrogen-bond acceptors (Lipinski definition) is 4. The predicted molar refractivity (Wildman–Crippen MR) is 78.8 cm³/mol. The average Bonchev–Trinajstić information content (AvgIpc) is 2.93. The van der Waals surface area contributed by atoms with E-state index in [1.54, 1.807) is 0 Å². The SMILES string of the molecule is CNC(=O)Cn1cnc(NC(=O)CC2CCC(C(F)(F)F)CC2)n1. The van der Waals surface area contributed by atoms with Crippen LogP contribution in [-0.2, 0) is 16.1 Å². The topological polar surface area (TPSA) is 88.9 Å². The number of nitrogens with zero attached hydrogens (tertiary/aromatic N) is 3. The monoisotopic (exact) mass is 347 g/mol. The van der Waals surface area contributed by atoms with Gasteiger partial charge in [-0.05, 0) is 31.6 Å². The summed E-state index contributed by atoms with van der Waals surface area (Å²) in [5.41, 5.74) is 0. The molecule has 0 aromatic carbocycles. The Labute approximate surface area is 137 Å². The van der Waals surface area contributed by atoms with Crippen molar-refractivity contribution < 1.29 is 22.8 Å². The maximum Gasteiger partial charge on any atom is 0.391 e. The molecule has 24 heavy (non-hydrogen) atoms. The van der Waals surface area contributed by atoms with Crippen LogP contribution in [-0.4, -0.2) is 39.8 Å². The molecule has 2 N–H and O–H groups in total. The first-order chi connectivity index (χ1) is 11.3. The predicted octanol–water partition coefficient (Wildman–Crippen LogP) is 1.72. The summed E-state index contributed by atoms with van der Waals surface area (Å²) in [7, 11) is 1.50. The lowest BCUT2D eigenvalue weighted by molar-refractivity contribution is -0.184. The summed E-state index contributed by atoms with van der Waals surface area (Å²) in [4.78, 5) is 27.0. The Kier molecular flexibility index (Phi) is 5.79. The van der Waals surface area contributed by atoms with E-state index in [-0.39, 0.29) is 49.5 Å². The van der Waals surface area contributed by atoms with Gasteiger partial charge in [-0.2, -0.15) is 13.2 Å². The van der Waals surface area contributed by atoms with E-state index in [4.69, 9.17) is 0 Å². The van der Waals surface area contributed by atoms with Crippen LogP contribution >= 0.6 is 0 Å². The van der Waals surface area contributed by atoms with Gasteiger partial charge in [0.05, 0.1) is 5.92 Å². The molecule has 10 heteroatoms. The van der Waals surface area contributed by atoms with Crippen LogP contribution in [0.2, 0.25) is 0 Å². The number of amides is 2. The van der Waals surface area contributed by atoms with Crippen LogP contribution in [0.15, 0.2) is 6.33 Å². The van der Waals surface area contributed by atoms with E-state index < -0.39 is 12.1 Å². The highest BCUT2D eigenvalue weighted by molar-refractivity contribution is 5.89. The van der Waals surface area contributed by atoms with Crippen LogP contribution in [0.4, 0.5) is 19.1 Å². The van der Waals surface area contributed by atoms with Crippen LogP contribution in [0, 0.1) is 11.8 Å². The molecule has 1 aliphatic carbocycles. The van der Waals surface area contributed by atoms with Crippen molar-refractivity contribution >= 4 is 17.8 Å². The molecule has 2 rings (SSSR count). The molecule has 1 aromatic heterocycles. The van der Waals surface area contributed by atoms with Crippen LogP contribution in [0.3, 0.4) is 0 Å². The van der Waals surface area contributed by atoms with Gasteiger partial charge in [0.1, 0.15) is 12.9 Å². The van der Waals surface area contributed by atoms with Crippen molar-refractivity contribution in [2.24, 2.45) is 11.8 Å². The Hall–Kier alpha value is -2.13. The summed E-state index contributed by atoms with van der Waals surface area (Å²) in [5.74, 6) is -1.81. The van der Waals surface area contributed by atoms with Crippen LogP contribution in [0.1, 0.15) is 32.1 Å². The first-order valence-electron chi connectivity index (χ1n) is 7.74. The van der Waals surface area contributed by atoms with E-state index in [1.165, 1.54) is 18.1 Å². The van der Waals surface area contributed by atoms with Gasteiger partial charge in [-0.25, -0.2) is 9.67 Å². The zero-order valence-electron chi connectivity index (χ0n) is 13.3. The van der Waals surface area contributed by atoms with Crippen molar-refractivity contribution in [2.75, 3.05) is 12.4 Å². The van der Waals surface area contributed by atoms with E-state index in [1.807, 2.05) is 0 Å². The largest absolute Gasteiger partial charge is 0.391 e. The van der Waals surface area contributed by atoms with Gasteiger partial charge >= 0.3 is 6.18 Å². The van der Waals surface area contributed by atoms with E-state index in [2.05, 4.69) is 20.7 Å². The van der Waals surface area contributed by atoms with Gasteiger partial charge in [0, 0.05) is 13.5 Å². The Bertz CT molecular complexity index is 579. The molecule has 1 fully saturated rings. The summed E-state index contributed by atoms with van der Waals surface area (Å²) >= 11 is 0. The van der Waals surface area contributed by atoms with E-state index >= 15 is 0 Å². The van der Waals surface area contributed by atoms with E-state index in [0.29, 0.717) is 12.8 Å². The molecule has 0 saturated heterocycles. The van der Waals surface area contributed by atoms with Gasteiger partial charge in [-0.15, -0.1) is 5.10 Å². The molecule has 0 unspecified atom stereocenters. The molecule has 0 spiro atoms. The lowest BCUT2D eigenvalue weighted by Gasteiger charge is -2.29. The molecule has 0 bridgehead atoms. The lowest BCUT2D eigenvalue weighted by Crippen LogP contribution is -2.29. The zero-order valence-corrected chi connectivity index (χ0v) is 13.3. The molecular formula is C14H20F3N5O2. The highest BCUT2D eigenvalue weighted by Gasteiger charge is 2.41. The molecule has 7 nitrogen and oxygen atoms in total. The lowest BCUT2D eigenvalue weighted by atomic mass is 9.80. The van der Waals surface area contributed by atoms with Gasteiger partial charge in [0.25, 0.3) is 0 Å². The van der Waals surface area contributed by atoms with Crippen molar-refractivity contribution in [1.29, 1.82) is 0 Å². The van der Waals surface area contributed by atoms with Gasteiger partial charge in [-0.1, -0.05) is 0 Å². The van der Waals surface area contributed by atoms with Gasteiger partial charge < -0.3 is 5.32 Å². The van der Waals surface area contributed by atoms with E-state index in [9.17, 15) is 22.8 Å². The second kappa shape index (κ2) is 7.63. The van der Waals surface area contributed by atoms with Crippen molar-refractivity contribution in [2.45, 2.75) is 44.8 Å². The van der Waals surface area contributed by atoms with Crippen molar-refractivity contribution in [1.82, 2.24) is 20.1 Å². The standard InChI is InChI=1S/C14H20F3N5O2/c1-18-12(24)7-22-8-19-13(21-22)20-11(23)6-9-2-4-10(5-3-9)14(15,16)17/h8-10H,2-7H2,1H3,(H,18,24)(H,20,21,23). The molecule has 2 amide bonds. The Morgan fingerprint density at radius 1 is 1.25 bits per heavy atom. The fourth-order valence-electron chi connectivity index (χ4n) is 2.79. The number of carbonyl (C=O) groups is 2. The highest BCUT2D eigenvalue weighted by Crippen LogP contribution is 2.40. The normalized spacial score (nSPS) is 21.3. The maximum absolute atomic E-state index is 12.6. The number of rotatable bonds is 5. The Balaban J connectivity index is 1.77. The van der Waals surface area contributed by atoms with Crippen molar-refractivity contribution in [3.8, 4) is 0 Å². The fraction of sp³-hybridized carbons (Fsp3) is 0.714. The van der Waals surface area contributed by atoms with Gasteiger partial charge in [0.15, 0.2) is 0 Å². The number of hydrogen-bond donors (Lipinski definition) is 2. The van der Waals surface area contributed by atoms with Crippen LogP contribution in [0.25, 0.3) is 0 Å². The molecular weight excluding hydrogens is 327 g/mol. The number of anilines is 1. The number of carbonyl (C=O) groups excluding carboxylic acids is 2. The number of halogens is 3. The first-order valence-corrected chi connectivity index (χ1v) is 7.74.